The van der Waals surface area contributed by atoms with Crippen LogP contribution in [-0.2, 0) is 0 Å². The van der Waals surface area contributed by atoms with Crippen LogP contribution in [0, 0.1) is 18.3 Å². The molecule has 0 amide bonds. The summed E-state index contributed by atoms with van der Waals surface area (Å²) >= 11 is 1.78. The maximum atomic E-state index is 9.11. The van der Waals surface area contributed by atoms with E-state index in [-0.39, 0.29) is 0 Å². The van der Waals surface area contributed by atoms with Crippen LogP contribution in [0.2, 0.25) is 0 Å². The molecule has 0 unspecified atom stereocenters. The van der Waals surface area contributed by atoms with Gasteiger partial charge in [-0.3, -0.25) is 4.90 Å². The van der Waals surface area contributed by atoms with Crippen LogP contribution in [-0.4, -0.2) is 29.5 Å². The zero-order valence-electron chi connectivity index (χ0n) is 12.7. The van der Waals surface area contributed by atoms with Crippen molar-refractivity contribution in [3.63, 3.8) is 0 Å². The number of aromatic nitrogens is 1. The summed E-state index contributed by atoms with van der Waals surface area (Å²) in [4.78, 5) is 7.96. The van der Waals surface area contributed by atoms with Crippen molar-refractivity contribution >= 4 is 17.2 Å². The van der Waals surface area contributed by atoms with E-state index >= 15 is 0 Å². The average molecular weight is 316 g/mol. The Morgan fingerprint density at radius 2 is 2.27 bits per heavy atom. The van der Waals surface area contributed by atoms with E-state index in [9.17, 15) is 0 Å². The fraction of sp³-hybridized carbons (Fsp3) is 0.500. The number of piperidine rings is 1. The Hall–Kier alpha value is -1.84. The van der Waals surface area contributed by atoms with E-state index in [1.165, 1.54) is 24.1 Å². The molecule has 22 heavy (non-hydrogen) atoms. The highest BCUT2D eigenvalue weighted by Crippen LogP contribution is 2.29. The number of nitrogens with one attached hydrogen (secondary N) is 1. The van der Waals surface area contributed by atoms with Crippen LogP contribution in [0.1, 0.15) is 41.8 Å². The number of hydrogen-bond acceptors (Lipinski definition) is 6. The molecule has 0 radical (unpaired) electrons. The number of nitriles is 1. The molecule has 1 saturated heterocycles. The van der Waals surface area contributed by atoms with Gasteiger partial charge < -0.3 is 9.73 Å². The molecule has 0 spiro atoms. The van der Waals surface area contributed by atoms with Crippen LogP contribution in [0.15, 0.2) is 21.9 Å². The number of hydrogen-bond donors (Lipinski definition) is 1. The van der Waals surface area contributed by atoms with Crippen LogP contribution in [0.5, 0.6) is 0 Å². The molecular weight excluding hydrogens is 296 g/mol. The van der Waals surface area contributed by atoms with Crippen molar-refractivity contribution < 1.29 is 4.42 Å². The second-order valence-corrected chi connectivity index (χ2v) is 6.51. The van der Waals surface area contributed by atoms with Gasteiger partial charge in [0.05, 0.1) is 6.04 Å². The molecule has 1 atom stereocenters. The Balaban J connectivity index is 1.74. The Morgan fingerprint density at radius 3 is 2.95 bits per heavy atom. The third-order valence-electron chi connectivity index (χ3n) is 4.00. The summed E-state index contributed by atoms with van der Waals surface area (Å²) < 4.78 is 5.50. The van der Waals surface area contributed by atoms with Crippen LogP contribution < -0.4 is 5.32 Å². The van der Waals surface area contributed by atoms with Crippen molar-refractivity contribution in [3.8, 4) is 6.07 Å². The SMILES string of the molecule is Cc1nc(C#N)c(NC[C@@H](c2cccs2)N2CCCCC2)o1. The lowest BCUT2D eigenvalue weighted by Gasteiger charge is -2.34. The van der Waals surface area contributed by atoms with Crippen molar-refractivity contribution in [1.82, 2.24) is 9.88 Å². The summed E-state index contributed by atoms with van der Waals surface area (Å²) in [5.41, 5.74) is 0.334. The predicted octanol–water partition coefficient (Wildman–Crippen LogP) is 3.56. The lowest BCUT2D eigenvalue weighted by atomic mass is 10.1. The molecule has 1 N–H and O–H groups in total. The first kappa shape index (κ1) is 15.1. The molecule has 0 aliphatic carbocycles. The van der Waals surface area contributed by atoms with Gasteiger partial charge in [0.25, 0.3) is 0 Å². The molecule has 1 aliphatic rings. The lowest BCUT2D eigenvalue weighted by Crippen LogP contribution is -2.36. The smallest absolute Gasteiger partial charge is 0.232 e. The molecule has 0 bridgehead atoms. The Morgan fingerprint density at radius 1 is 1.45 bits per heavy atom. The second kappa shape index (κ2) is 6.95. The summed E-state index contributed by atoms with van der Waals surface area (Å²) in [6.07, 6.45) is 3.83. The summed E-state index contributed by atoms with van der Waals surface area (Å²) in [5, 5.41) is 14.5. The third kappa shape index (κ3) is 3.32. The van der Waals surface area contributed by atoms with Gasteiger partial charge in [-0.25, -0.2) is 4.98 Å². The molecule has 6 heteroatoms. The van der Waals surface area contributed by atoms with Gasteiger partial charge in [0, 0.05) is 18.3 Å². The summed E-state index contributed by atoms with van der Waals surface area (Å²) in [6.45, 7) is 4.74. The minimum atomic E-state index is 0.317. The quantitative estimate of drug-likeness (QED) is 0.913. The van der Waals surface area contributed by atoms with Crippen LogP contribution in [0.3, 0.4) is 0 Å². The number of anilines is 1. The van der Waals surface area contributed by atoms with Crippen molar-refractivity contribution in [3.05, 3.63) is 34.0 Å². The Kier molecular flexibility index (Phi) is 4.76. The number of aryl methyl sites for hydroxylation is 1. The fourth-order valence-corrected chi connectivity index (χ4v) is 3.79. The molecule has 1 fully saturated rings. The monoisotopic (exact) mass is 316 g/mol. The Bertz CT molecular complexity index is 638. The number of oxazole rings is 1. The van der Waals surface area contributed by atoms with Gasteiger partial charge in [-0.1, -0.05) is 12.5 Å². The van der Waals surface area contributed by atoms with Gasteiger partial charge in [0.15, 0.2) is 5.89 Å². The summed E-state index contributed by atoms with van der Waals surface area (Å²) in [5.74, 6) is 1.00. The first-order valence-corrected chi connectivity index (χ1v) is 8.55. The van der Waals surface area contributed by atoms with Crippen LogP contribution in [0.4, 0.5) is 5.88 Å². The van der Waals surface area contributed by atoms with Gasteiger partial charge in [0.2, 0.25) is 11.6 Å². The van der Waals surface area contributed by atoms with Crippen molar-refractivity contribution in [1.29, 1.82) is 5.26 Å². The van der Waals surface area contributed by atoms with E-state index in [1.807, 2.05) is 0 Å². The Labute approximate surface area is 134 Å². The maximum Gasteiger partial charge on any atom is 0.232 e. The number of nitrogens with zero attached hydrogens (tertiary/aromatic N) is 3. The lowest BCUT2D eigenvalue weighted by molar-refractivity contribution is 0.172. The molecule has 3 rings (SSSR count). The number of thiophene rings is 1. The molecule has 116 valence electrons. The number of rotatable bonds is 5. The van der Waals surface area contributed by atoms with Crippen LogP contribution >= 0.6 is 11.3 Å². The van der Waals surface area contributed by atoms with E-state index in [2.05, 4.69) is 38.8 Å². The van der Waals surface area contributed by atoms with Crippen molar-refractivity contribution in [2.45, 2.75) is 32.2 Å². The normalized spacial score (nSPS) is 17.1. The number of likely N-dealkylation sites (tertiary alicyclic amines) is 1. The predicted molar refractivity (Wildman–Crippen MR) is 86.9 cm³/mol. The maximum absolute atomic E-state index is 9.11. The van der Waals surface area contributed by atoms with E-state index in [0.29, 0.717) is 23.5 Å². The minimum absolute atomic E-state index is 0.317. The van der Waals surface area contributed by atoms with Crippen molar-refractivity contribution in [2.75, 3.05) is 25.0 Å². The minimum Gasteiger partial charge on any atom is -0.424 e. The summed E-state index contributed by atoms with van der Waals surface area (Å²) in [7, 11) is 0. The van der Waals surface area contributed by atoms with E-state index in [4.69, 9.17) is 9.68 Å². The van der Waals surface area contributed by atoms with Gasteiger partial charge in [-0.2, -0.15) is 5.26 Å². The highest BCUT2D eigenvalue weighted by atomic mass is 32.1. The third-order valence-corrected chi connectivity index (χ3v) is 4.97. The standard InChI is InChI=1S/C16H20N4OS/c1-12-19-13(10-17)16(21-12)18-11-14(15-6-5-9-22-15)20-7-3-2-4-8-20/h5-6,9,14,18H,2-4,7-8,11H2,1H3/t14-/m0/s1. The molecule has 3 heterocycles. The van der Waals surface area contributed by atoms with E-state index < -0.39 is 0 Å². The van der Waals surface area contributed by atoms with E-state index in [0.717, 1.165) is 19.6 Å². The molecular formula is C16H20N4OS. The first-order valence-electron chi connectivity index (χ1n) is 7.67. The largest absolute Gasteiger partial charge is 0.424 e. The van der Waals surface area contributed by atoms with Crippen LogP contribution in [0.25, 0.3) is 0 Å². The molecule has 5 nitrogen and oxygen atoms in total. The zero-order chi connectivity index (χ0) is 15.4. The summed E-state index contributed by atoms with van der Waals surface area (Å²) in [6, 6.07) is 6.67. The highest BCUT2D eigenvalue weighted by Gasteiger charge is 2.24. The average Bonchev–Trinajstić information content (AvgIpc) is 3.18. The van der Waals surface area contributed by atoms with E-state index in [1.54, 1.807) is 18.3 Å². The molecule has 0 aromatic carbocycles. The van der Waals surface area contributed by atoms with Gasteiger partial charge >= 0.3 is 0 Å². The molecule has 2 aromatic rings. The van der Waals surface area contributed by atoms with Crippen molar-refractivity contribution in [2.24, 2.45) is 0 Å². The zero-order valence-corrected chi connectivity index (χ0v) is 13.5. The van der Waals surface area contributed by atoms with Gasteiger partial charge in [-0.15, -0.1) is 11.3 Å². The molecule has 0 saturated carbocycles. The molecule has 1 aliphatic heterocycles. The van der Waals surface area contributed by atoms with Gasteiger partial charge in [0.1, 0.15) is 6.07 Å². The van der Waals surface area contributed by atoms with Gasteiger partial charge in [-0.05, 0) is 37.4 Å². The first-order chi connectivity index (χ1) is 10.8. The fourth-order valence-electron chi connectivity index (χ4n) is 2.93. The second-order valence-electron chi connectivity index (χ2n) is 5.53. The molecule has 2 aromatic heterocycles. The highest BCUT2D eigenvalue weighted by molar-refractivity contribution is 7.10. The topological polar surface area (TPSA) is 65.1 Å².